The molecule has 3 rings (SSSR count). The maximum absolute atomic E-state index is 11.3. The molecule has 136 valence electrons. The minimum Gasteiger partial charge on any atom is -0.478 e. The van der Waals surface area contributed by atoms with Crippen molar-refractivity contribution in [1.29, 1.82) is 0 Å². The molecule has 1 fully saturated rings. The lowest BCUT2D eigenvalue weighted by atomic mass is 9.97. The van der Waals surface area contributed by atoms with Crippen LogP contribution in [0.25, 0.3) is 0 Å². The van der Waals surface area contributed by atoms with E-state index in [0.29, 0.717) is 26.1 Å². The molecule has 0 amide bonds. The lowest BCUT2D eigenvalue weighted by molar-refractivity contribution is -0.149. The third-order valence-electron chi connectivity index (χ3n) is 4.54. The quantitative estimate of drug-likeness (QED) is 0.826. The Morgan fingerprint density at radius 2 is 1.54 bits per heavy atom. The number of aryl methyl sites for hydroxylation is 2. The average Bonchev–Trinajstić information content (AvgIpc) is 3.08. The van der Waals surface area contributed by atoms with Gasteiger partial charge in [-0.3, -0.25) is 0 Å². The molecule has 0 unspecified atom stereocenters. The van der Waals surface area contributed by atoms with Crippen LogP contribution >= 0.6 is 0 Å². The zero-order chi connectivity index (χ0) is 18.7. The molecular weight excluding hydrogens is 336 g/mol. The van der Waals surface area contributed by atoms with Gasteiger partial charge >= 0.3 is 11.9 Å². The van der Waals surface area contributed by atoms with Crippen LogP contribution in [0.15, 0.2) is 42.5 Å². The van der Waals surface area contributed by atoms with Gasteiger partial charge in [0.05, 0.1) is 24.3 Å². The summed E-state index contributed by atoms with van der Waals surface area (Å²) < 4.78 is 11.4. The first-order valence-corrected chi connectivity index (χ1v) is 8.36. The second-order valence-corrected chi connectivity index (χ2v) is 6.33. The van der Waals surface area contributed by atoms with Crippen LogP contribution in [0.3, 0.4) is 0 Å². The molecule has 1 heterocycles. The summed E-state index contributed by atoms with van der Waals surface area (Å²) in [5.41, 5.74) is 2.40. The number of carboxylic acids is 2. The maximum Gasteiger partial charge on any atom is 0.336 e. The molecule has 1 saturated heterocycles. The van der Waals surface area contributed by atoms with E-state index in [2.05, 4.69) is 0 Å². The van der Waals surface area contributed by atoms with Crippen LogP contribution in [-0.4, -0.2) is 35.4 Å². The van der Waals surface area contributed by atoms with Crippen LogP contribution in [0, 0.1) is 0 Å². The van der Waals surface area contributed by atoms with Crippen molar-refractivity contribution in [3.05, 3.63) is 70.3 Å². The highest BCUT2D eigenvalue weighted by Crippen LogP contribution is 2.31. The van der Waals surface area contributed by atoms with E-state index in [1.807, 2.05) is 31.2 Å². The Bertz CT molecular complexity index is 836. The lowest BCUT2D eigenvalue weighted by Gasteiger charge is -2.23. The van der Waals surface area contributed by atoms with Gasteiger partial charge in [-0.1, -0.05) is 30.3 Å². The molecule has 0 radical (unpaired) electrons. The summed E-state index contributed by atoms with van der Waals surface area (Å²) in [5, 5.41) is 18.3. The summed E-state index contributed by atoms with van der Waals surface area (Å²) in [7, 11) is 0. The number of hydrogen-bond acceptors (Lipinski definition) is 4. The van der Waals surface area contributed by atoms with Gasteiger partial charge < -0.3 is 19.7 Å². The van der Waals surface area contributed by atoms with E-state index >= 15 is 0 Å². The zero-order valence-corrected chi connectivity index (χ0v) is 14.4. The first-order chi connectivity index (χ1) is 12.4. The van der Waals surface area contributed by atoms with Gasteiger partial charge in [-0.05, 0) is 43.0 Å². The first-order valence-electron chi connectivity index (χ1n) is 8.36. The fraction of sp³-hybridized carbons (Fsp3) is 0.300. The van der Waals surface area contributed by atoms with Crippen LogP contribution in [-0.2, 0) is 28.1 Å². The van der Waals surface area contributed by atoms with E-state index in [0.717, 1.165) is 16.7 Å². The molecule has 0 aromatic heterocycles. The van der Waals surface area contributed by atoms with Crippen LogP contribution in [0.4, 0.5) is 0 Å². The predicted octanol–water partition coefficient (Wildman–Crippen LogP) is 3.09. The van der Waals surface area contributed by atoms with Gasteiger partial charge in [-0.25, -0.2) is 9.59 Å². The SMILES string of the molecule is CC1(c2cccc(CCc3ccc(C(=O)O)c(C(=O)O)c3)c2)OCCO1. The Hall–Kier alpha value is -2.70. The largest absolute Gasteiger partial charge is 0.478 e. The number of carboxylic acid groups (broad SMARTS) is 2. The van der Waals surface area contributed by atoms with Crippen LogP contribution < -0.4 is 0 Å². The van der Waals surface area contributed by atoms with Gasteiger partial charge in [-0.15, -0.1) is 0 Å². The minimum atomic E-state index is -1.24. The van der Waals surface area contributed by atoms with Gasteiger partial charge in [0.25, 0.3) is 0 Å². The highest BCUT2D eigenvalue weighted by molar-refractivity contribution is 6.01. The Labute approximate surface area is 151 Å². The van der Waals surface area contributed by atoms with Gasteiger partial charge in [0, 0.05) is 5.56 Å². The number of ether oxygens (including phenoxy) is 2. The summed E-state index contributed by atoms with van der Waals surface area (Å²) in [4.78, 5) is 22.4. The smallest absolute Gasteiger partial charge is 0.336 e. The number of carbonyl (C=O) groups is 2. The summed E-state index contributed by atoms with van der Waals surface area (Å²) >= 11 is 0. The first kappa shape index (κ1) is 18.1. The minimum absolute atomic E-state index is 0.191. The van der Waals surface area contributed by atoms with E-state index in [1.54, 1.807) is 6.07 Å². The molecule has 6 heteroatoms. The summed E-state index contributed by atoms with van der Waals surface area (Å²) in [6.07, 6.45) is 1.29. The molecule has 0 aliphatic carbocycles. The third kappa shape index (κ3) is 3.76. The normalized spacial score (nSPS) is 15.7. The number of aromatic carboxylic acids is 2. The average molecular weight is 356 g/mol. The van der Waals surface area contributed by atoms with Crippen molar-refractivity contribution in [1.82, 2.24) is 0 Å². The topological polar surface area (TPSA) is 93.1 Å². The fourth-order valence-corrected chi connectivity index (χ4v) is 3.09. The Kier molecular flexibility index (Phi) is 5.06. The Morgan fingerprint density at radius 3 is 2.15 bits per heavy atom. The van der Waals surface area contributed by atoms with Crippen LogP contribution in [0.5, 0.6) is 0 Å². The number of benzene rings is 2. The second kappa shape index (κ2) is 7.27. The van der Waals surface area contributed by atoms with E-state index in [-0.39, 0.29) is 11.1 Å². The van der Waals surface area contributed by atoms with Crippen molar-refractivity contribution < 1.29 is 29.3 Å². The van der Waals surface area contributed by atoms with Crippen molar-refractivity contribution in [3.63, 3.8) is 0 Å². The third-order valence-corrected chi connectivity index (χ3v) is 4.54. The van der Waals surface area contributed by atoms with Gasteiger partial charge in [-0.2, -0.15) is 0 Å². The molecule has 0 saturated carbocycles. The van der Waals surface area contributed by atoms with Crippen LogP contribution in [0.2, 0.25) is 0 Å². The molecule has 0 bridgehead atoms. The molecule has 0 atom stereocenters. The van der Waals surface area contributed by atoms with E-state index in [1.165, 1.54) is 12.1 Å². The molecular formula is C20H20O6. The molecule has 2 N–H and O–H groups in total. The zero-order valence-electron chi connectivity index (χ0n) is 14.4. The molecule has 1 aliphatic rings. The number of hydrogen-bond donors (Lipinski definition) is 2. The summed E-state index contributed by atoms with van der Waals surface area (Å²) in [6.45, 7) is 3.02. The molecule has 0 spiro atoms. The predicted molar refractivity (Wildman–Crippen MR) is 93.5 cm³/mol. The maximum atomic E-state index is 11.3. The summed E-state index contributed by atoms with van der Waals surface area (Å²) in [5.74, 6) is -3.21. The van der Waals surface area contributed by atoms with E-state index in [9.17, 15) is 14.7 Å². The number of rotatable bonds is 6. The highest BCUT2D eigenvalue weighted by Gasteiger charge is 2.33. The van der Waals surface area contributed by atoms with Crippen molar-refractivity contribution in [2.24, 2.45) is 0 Å². The second-order valence-electron chi connectivity index (χ2n) is 6.33. The fourth-order valence-electron chi connectivity index (χ4n) is 3.09. The van der Waals surface area contributed by atoms with Crippen molar-refractivity contribution in [2.45, 2.75) is 25.6 Å². The summed E-state index contributed by atoms with van der Waals surface area (Å²) in [6, 6.07) is 12.3. The van der Waals surface area contributed by atoms with Gasteiger partial charge in [0.2, 0.25) is 0 Å². The standard InChI is InChI=1S/C20H20O6/c1-20(25-9-10-26-20)15-4-2-3-13(11-15)5-6-14-7-8-16(18(21)22)17(12-14)19(23)24/h2-4,7-8,11-12H,5-6,9-10H2,1H3,(H,21,22)(H,23,24). The van der Waals surface area contributed by atoms with Gasteiger partial charge in [0.15, 0.2) is 5.79 Å². The van der Waals surface area contributed by atoms with Crippen molar-refractivity contribution in [3.8, 4) is 0 Å². The van der Waals surface area contributed by atoms with Crippen molar-refractivity contribution in [2.75, 3.05) is 13.2 Å². The Morgan fingerprint density at radius 1 is 0.923 bits per heavy atom. The molecule has 6 nitrogen and oxygen atoms in total. The molecule has 2 aromatic carbocycles. The molecule has 26 heavy (non-hydrogen) atoms. The monoisotopic (exact) mass is 356 g/mol. The molecule has 2 aromatic rings. The van der Waals surface area contributed by atoms with Crippen LogP contribution in [0.1, 0.15) is 44.3 Å². The molecule has 1 aliphatic heterocycles. The van der Waals surface area contributed by atoms with Crippen molar-refractivity contribution >= 4 is 11.9 Å². The highest BCUT2D eigenvalue weighted by atomic mass is 16.7. The Balaban J connectivity index is 1.76. The van der Waals surface area contributed by atoms with E-state index < -0.39 is 17.7 Å². The lowest BCUT2D eigenvalue weighted by Crippen LogP contribution is -2.22. The van der Waals surface area contributed by atoms with E-state index in [4.69, 9.17) is 14.6 Å². The van der Waals surface area contributed by atoms with Gasteiger partial charge in [0.1, 0.15) is 0 Å².